The van der Waals surface area contributed by atoms with Crippen LogP contribution in [0.2, 0.25) is 5.02 Å². The molecule has 0 saturated heterocycles. The van der Waals surface area contributed by atoms with E-state index in [2.05, 4.69) is 15.1 Å². The van der Waals surface area contributed by atoms with Crippen LogP contribution in [-0.2, 0) is 21.8 Å². The summed E-state index contributed by atoms with van der Waals surface area (Å²) in [7, 11) is -4.01. The van der Waals surface area contributed by atoms with Crippen LogP contribution in [0.1, 0.15) is 21.5 Å². The van der Waals surface area contributed by atoms with Gasteiger partial charge < -0.3 is 10.1 Å². The average Bonchev–Trinajstić information content (AvgIpc) is 3.33. The van der Waals surface area contributed by atoms with E-state index in [9.17, 15) is 26.4 Å². The molecule has 0 atom stereocenters. The van der Waals surface area contributed by atoms with Crippen molar-refractivity contribution in [3.8, 4) is 5.95 Å². The van der Waals surface area contributed by atoms with Crippen LogP contribution >= 0.6 is 11.6 Å². The van der Waals surface area contributed by atoms with Crippen LogP contribution in [0.5, 0.6) is 0 Å². The van der Waals surface area contributed by atoms with E-state index < -0.39 is 33.3 Å². The third-order valence-corrected chi connectivity index (χ3v) is 6.69. The number of aromatic nitrogens is 4. The number of imidazole rings is 1. The molecule has 2 heterocycles. The number of halogens is 4. The second-order valence-corrected chi connectivity index (χ2v) is 9.16. The fourth-order valence-electron chi connectivity index (χ4n) is 2.98. The molecule has 0 fully saturated rings. The second kappa shape index (κ2) is 7.64. The van der Waals surface area contributed by atoms with Gasteiger partial charge in [0.2, 0.25) is 5.95 Å². The number of hydrogen-bond donors (Lipinski definition) is 2. The summed E-state index contributed by atoms with van der Waals surface area (Å²) in [5, 5.41) is 12.8. The fraction of sp³-hybridized carbons (Fsp3) is 0.105. The smallest absolute Gasteiger partial charge is 0.416 e. The van der Waals surface area contributed by atoms with Crippen LogP contribution in [0.25, 0.3) is 17.0 Å². The molecular weight excluding hydrogens is 473 g/mol. The van der Waals surface area contributed by atoms with Gasteiger partial charge in [0.05, 0.1) is 44.0 Å². The van der Waals surface area contributed by atoms with Crippen molar-refractivity contribution in [1.29, 1.82) is 0 Å². The molecule has 4 rings (SSSR count). The maximum atomic E-state index is 12.9. The van der Waals surface area contributed by atoms with Gasteiger partial charge in [0.1, 0.15) is 0 Å². The molecule has 0 unspecified atom stereocenters. The Kier molecular flexibility index (Phi) is 5.21. The number of H-pyrrole nitrogens is 1. The second-order valence-electron chi connectivity index (χ2n) is 6.79. The van der Waals surface area contributed by atoms with Crippen molar-refractivity contribution in [3.63, 3.8) is 0 Å². The van der Waals surface area contributed by atoms with Gasteiger partial charge in [-0.3, -0.25) is 0 Å². The number of hydrogen-bond acceptors (Lipinski definition) is 5. The summed E-state index contributed by atoms with van der Waals surface area (Å²) >= 11 is 6.16. The lowest BCUT2D eigenvalue weighted by atomic mass is 10.1. The molecule has 0 radical (unpaired) electrons. The number of nitrogens with zero attached hydrogens (tertiary/aromatic N) is 3. The number of carboxylic acid groups (broad SMARTS) is 1. The van der Waals surface area contributed by atoms with E-state index in [4.69, 9.17) is 16.7 Å². The Bertz CT molecular complexity index is 1440. The molecule has 0 aliphatic rings. The highest BCUT2D eigenvalue weighted by molar-refractivity contribution is 7.90. The minimum Gasteiger partial charge on any atom is -0.478 e. The van der Waals surface area contributed by atoms with E-state index in [0.29, 0.717) is 11.0 Å². The van der Waals surface area contributed by atoms with Gasteiger partial charge >= 0.3 is 12.1 Å². The highest BCUT2D eigenvalue weighted by Crippen LogP contribution is 2.31. The summed E-state index contributed by atoms with van der Waals surface area (Å²) in [6.07, 6.45) is -2.17. The third-order valence-electron chi connectivity index (χ3n) is 4.54. The van der Waals surface area contributed by atoms with Crippen LogP contribution in [0.15, 0.2) is 53.7 Å². The zero-order valence-corrected chi connectivity index (χ0v) is 17.3. The third kappa shape index (κ3) is 4.18. The molecule has 0 spiro atoms. The Balaban J connectivity index is 1.67. The largest absolute Gasteiger partial charge is 0.478 e. The Morgan fingerprint density at radius 1 is 1.19 bits per heavy atom. The summed E-state index contributed by atoms with van der Waals surface area (Å²) in [4.78, 5) is 17.8. The van der Waals surface area contributed by atoms with Crippen LogP contribution in [0.3, 0.4) is 0 Å². The number of alkyl halides is 3. The maximum absolute atomic E-state index is 12.9. The molecule has 8 nitrogen and oxygen atoms in total. The van der Waals surface area contributed by atoms with Gasteiger partial charge in [0.25, 0.3) is 0 Å². The first-order valence-electron chi connectivity index (χ1n) is 8.80. The van der Waals surface area contributed by atoms with E-state index in [-0.39, 0.29) is 27.0 Å². The number of nitrogens with one attached hydrogen (secondary N) is 1. The Morgan fingerprint density at radius 3 is 2.47 bits per heavy atom. The van der Waals surface area contributed by atoms with Gasteiger partial charge in [0.15, 0.2) is 9.84 Å². The van der Waals surface area contributed by atoms with Gasteiger partial charge in [-0.05, 0) is 29.8 Å². The maximum Gasteiger partial charge on any atom is 0.416 e. The molecule has 0 aliphatic heterocycles. The van der Waals surface area contributed by atoms with Gasteiger partial charge in [-0.1, -0.05) is 23.7 Å². The first-order chi connectivity index (χ1) is 14.9. The molecule has 4 aromatic rings. The summed E-state index contributed by atoms with van der Waals surface area (Å²) in [5.41, 5.74) is -0.179. The molecule has 2 aromatic heterocycles. The molecule has 32 heavy (non-hydrogen) atoms. The predicted octanol–water partition coefficient (Wildman–Crippen LogP) is 4.09. The molecule has 0 aliphatic carbocycles. The van der Waals surface area contributed by atoms with E-state index in [1.54, 1.807) is 0 Å². The molecule has 2 aromatic carbocycles. The highest BCUT2D eigenvalue weighted by atomic mass is 35.5. The topological polar surface area (TPSA) is 118 Å². The average molecular weight is 485 g/mol. The van der Waals surface area contributed by atoms with Crippen molar-refractivity contribution in [3.05, 3.63) is 70.5 Å². The quantitative estimate of drug-likeness (QED) is 0.440. The van der Waals surface area contributed by atoms with Crippen molar-refractivity contribution in [1.82, 2.24) is 19.7 Å². The van der Waals surface area contributed by atoms with Gasteiger partial charge in [-0.25, -0.2) is 22.9 Å². The van der Waals surface area contributed by atoms with E-state index >= 15 is 0 Å². The minimum absolute atomic E-state index is 0.0664. The van der Waals surface area contributed by atoms with Crippen LogP contribution in [0.4, 0.5) is 13.2 Å². The summed E-state index contributed by atoms with van der Waals surface area (Å²) < 4.78 is 65.1. The van der Waals surface area contributed by atoms with Gasteiger partial charge in [0, 0.05) is 6.20 Å². The van der Waals surface area contributed by atoms with E-state index in [1.165, 1.54) is 23.0 Å². The minimum atomic E-state index is -4.52. The Hall–Kier alpha value is -3.38. The lowest BCUT2D eigenvalue weighted by molar-refractivity contribution is -0.137. The molecular formula is C19H12ClF3N4O4S. The Labute approximate surface area is 183 Å². The monoisotopic (exact) mass is 484 g/mol. The normalized spacial score (nSPS) is 12.4. The van der Waals surface area contributed by atoms with Crippen LogP contribution in [-0.4, -0.2) is 39.2 Å². The first-order valence-corrected chi connectivity index (χ1v) is 10.8. The van der Waals surface area contributed by atoms with E-state index in [1.807, 2.05) is 0 Å². The number of sulfone groups is 1. The SMILES string of the molecule is O=C(O)c1cnn(-c2nc3cc(Cl)c(S(=O)(=O)Cc4ccc(C(F)(F)F)cc4)cc3[nH]2)c1. The zero-order chi connectivity index (χ0) is 23.3. The lowest BCUT2D eigenvalue weighted by Crippen LogP contribution is -2.08. The summed E-state index contributed by atoms with van der Waals surface area (Å²) in [5.74, 6) is -1.59. The highest BCUT2D eigenvalue weighted by Gasteiger charge is 2.30. The van der Waals surface area contributed by atoms with Crippen molar-refractivity contribution in [2.75, 3.05) is 0 Å². The number of carboxylic acids is 1. The van der Waals surface area contributed by atoms with E-state index in [0.717, 1.165) is 30.5 Å². The standard InChI is InChI=1S/C19H12ClF3N4O4S/c20-13-5-14-15(26-18(25-14)27-8-11(7-24-27)17(28)29)6-16(13)32(30,31)9-10-1-3-12(4-2-10)19(21,22)23/h1-8H,9H2,(H,25,26)(H,28,29). The summed E-state index contributed by atoms with van der Waals surface area (Å²) in [6, 6.07) is 6.39. The van der Waals surface area contributed by atoms with Gasteiger partial charge in [-0.15, -0.1) is 0 Å². The number of rotatable bonds is 5. The predicted molar refractivity (Wildman–Crippen MR) is 108 cm³/mol. The lowest BCUT2D eigenvalue weighted by Gasteiger charge is -2.09. The molecule has 13 heteroatoms. The van der Waals surface area contributed by atoms with Crippen LogP contribution < -0.4 is 0 Å². The first kappa shape index (κ1) is 21.8. The Morgan fingerprint density at radius 2 is 1.88 bits per heavy atom. The van der Waals surface area contributed by atoms with Crippen molar-refractivity contribution >= 4 is 38.4 Å². The van der Waals surface area contributed by atoms with Crippen molar-refractivity contribution in [2.24, 2.45) is 0 Å². The number of aromatic amines is 1. The van der Waals surface area contributed by atoms with Crippen LogP contribution in [0, 0.1) is 0 Å². The zero-order valence-electron chi connectivity index (χ0n) is 15.8. The number of carbonyl (C=O) groups is 1. The molecule has 0 saturated carbocycles. The van der Waals surface area contributed by atoms with Crippen molar-refractivity contribution < 1.29 is 31.5 Å². The molecule has 0 bridgehead atoms. The molecule has 0 amide bonds. The number of fused-ring (bicyclic) bond motifs is 1. The van der Waals surface area contributed by atoms with Gasteiger partial charge in [-0.2, -0.15) is 18.3 Å². The van der Waals surface area contributed by atoms with Crippen molar-refractivity contribution in [2.45, 2.75) is 16.8 Å². The number of aromatic carboxylic acids is 1. The summed E-state index contributed by atoms with van der Waals surface area (Å²) in [6.45, 7) is 0. The molecule has 2 N–H and O–H groups in total. The molecule has 166 valence electrons. The number of benzene rings is 2. The fourth-order valence-corrected chi connectivity index (χ4v) is 4.93.